The fraction of sp³-hybridized carbons (Fsp3) is 0.333. The van der Waals surface area contributed by atoms with Gasteiger partial charge in [-0.3, -0.25) is 14.3 Å². The summed E-state index contributed by atoms with van der Waals surface area (Å²) in [6.45, 7) is 12.8. The van der Waals surface area contributed by atoms with Crippen molar-refractivity contribution >= 4 is 40.2 Å². The van der Waals surface area contributed by atoms with Gasteiger partial charge in [0.2, 0.25) is 11.8 Å². The first-order valence-corrected chi connectivity index (χ1v) is 12.4. The van der Waals surface area contributed by atoms with Crippen molar-refractivity contribution in [2.45, 2.75) is 43.7 Å². The standard InChI is InChI=1S/C27H33N3O3S/c1-5-10-19(7-3)15-24(29-26(31)18(4)6-2)27(32)28-23-13-8-12-22-21(23)11-9-14-25(22)34-30-20-16-33-17-20/h5,7-14,18,20,24,30H,1,3,6,15-17H2,2,4H3,(H,28,32)(H,29,31)/b19-10+. The Kier molecular flexibility index (Phi) is 9.51. The number of hydrogen-bond acceptors (Lipinski definition) is 5. The van der Waals surface area contributed by atoms with E-state index in [0.29, 0.717) is 24.6 Å². The highest BCUT2D eigenvalue weighted by atomic mass is 32.2. The molecule has 0 aromatic heterocycles. The van der Waals surface area contributed by atoms with E-state index >= 15 is 0 Å². The first-order chi connectivity index (χ1) is 16.5. The van der Waals surface area contributed by atoms with Crippen LogP contribution in [-0.2, 0) is 14.3 Å². The van der Waals surface area contributed by atoms with Gasteiger partial charge in [-0.2, -0.15) is 0 Å². The Bertz CT molecular complexity index is 1080. The van der Waals surface area contributed by atoms with Crippen LogP contribution in [0, 0.1) is 5.92 Å². The molecule has 1 aliphatic heterocycles. The van der Waals surface area contributed by atoms with Gasteiger partial charge in [0.1, 0.15) is 6.04 Å². The molecule has 34 heavy (non-hydrogen) atoms. The van der Waals surface area contributed by atoms with Crippen molar-refractivity contribution in [2.75, 3.05) is 18.5 Å². The van der Waals surface area contributed by atoms with Crippen LogP contribution in [0.5, 0.6) is 0 Å². The van der Waals surface area contributed by atoms with Crippen molar-refractivity contribution in [1.29, 1.82) is 0 Å². The summed E-state index contributed by atoms with van der Waals surface area (Å²) in [7, 11) is 0. The van der Waals surface area contributed by atoms with Gasteiger partial charge in [-0.05, 0) is 41.5 Å². The molecule has 1 fully saturated rings. The fourth-order valence-electron chi connectivity index (χ4n) is 3.46. The summed E-state index contributed by atoms with van der Waals surface area (Å²) in [5.74, 6) is -0.604. The molecule has 0 saturated carbocycles. The molecule has 0 spiro atoms. The molecule has 6 nitrogen and oxygen atoms in total. The summed E-state index contributed by atoms with van der Waals surface area (Å²) in [4.78, 5) is 27.0. The van der Waals surface area contributed by atoms with Crippen LogP contribution >= 0.6 is 11.9 Å². The van der Waals surface area contributed by atoms with E-state index in [4.69, 9.17) is 4.74 Å². The van der Waals surface area contributed by atoms with Crippen LogP contribution in [0.15, 0.2) is 78.3 Å². The monoisotopic (exact) mass is 479 g/mol. The number of hydrogen-bond donors (Lipinski definition) is 3. The molecular formula is C27H33N3O3S. The van der Waals surface area contributed by atoms with E-state index in [2.05, 4.69) is 34.6 Å². The second kappa shape index (κ2) is 12.6. The average Bonchev–Trinajstić information content (AvgIpc) is 2.81. The number of carbonyl (C=O) groups excluding carboxylic acids is 2. The second-order valence-electron chi connectivity index (χ2n) is 8.36. The summed E-state index contributed by atoms with van der Waals surface area (Å²) < 4.78 is 8.64. The zero-order valence-electron chi connectivity index (χ0n) is 19.8. The Labute approximate surface area is 206 Å². The minimum Gasteiger partial charge on any atom is -0.378 e. The zero-order valence-corrected chi connectivity index (χ0v) is 20.6. The summed E-state index contributed by atoms with van der Waals surface area (Å²) in [5.41, 5.74) is 1.52. The maximum atomic E-state index is 13.4. The number of rotatable bonds is 12. The number of benzene rings is 2. The van der Waals surface area contributed by atoms with E-state index in [1.807, 2.05) is 44.2 Å². The van der Waals surface area contributed by atoms with Crippen LogP contribution in [0.4, 0.5) is 5.69 Å². The fourth-order valence-corrected chi connectivity index (χ4v) is 4.33. The van der Waals surface area contributed by atoms with Gasteiger partial charge in [-0.15, -0.1) is 0 Å². The number of amides is 2. The summed E-state index contributed by atoms with van der Waals surface area (Å²) in [6, 6.07) is 11.5. The summed E-state index contributed by atoms with van der Waals surface area (Å²) >= 11 is 1.57. The normalized spacial score (nSPS) is 15.8. The highest BCUT2D eigenvalue weighted by Gasteiger charge is 2.24. The quantitative estimate of drug-likeness (QED) is 0.295. The first kappa shape index (κ1) is 25.7. The van der Waals surface area contributed by atoms with E-state index in [1.165, 1.54) is 0 Å². The second-order valence-corrected chi connectivity index (χ2v) is 9.24. The molecule has 7 heteroatoms. The Morgan fingerprint density at radius 3 is 2.53 bits per heavy atom. The minimum absolute atomic E-state index is 0.146. The smallest absolute Gasteiger partial charge is 0.247 e. The molecule has 0 bridgehead atoms. The van der Waals surface area contributed by atoms with Crippen molar-refractivity contribution < 1.29 is 14.3 Å². The molecule has 0 aliphatic carbocycles. The van der Waals surface area contributed by atoms with E-state index in [0.717, 1.165) is 34.5 Å². The molecule has 180 valence electrons. The Hall–Kier alpha value is -2.87. The first-order valence-electron chi connectivity index (χ1n) is 11.5. The minimum atomic E-state index is -0.737. The Morgan fingerprint density at radius 2 is 1.88 bits per heavy atom. The average molecular weight is 480 g/mol. The molecule has 0 radical (unpaired) electrons. The summed E-state index contributed by atoms with van der Waals surface area (Å²) in [5, 5.41) is 7.93. The predicted molar refractivity (Wildman–Crippen MR) is 141 cm³/mol. The molecule has 2 unspecified atom stereocenters. The Morgan fingerprint density at radius 1 is 1.15 bits per heavy atom. The van der Waals surface area contributed by atoms with E-state index in [9.17, 15) is 9.59 Å². The molecule has 1 heterocycles. The van der Waals surface area contributed by atoms with Gasteiger partial charge in [0.05, 0.1) is 19.3 Å². The largest absolute Gasteiger partial charge is 0.378 e. The van der Waals surface area contributed by atoms with Gasteiger partial charge in [0.25, 0.3) is 0 Å². The van der Waals surface area contributed by atoms with Gasteiger partial charge in [0.15, 0.2) is 0 Å². The van der Waals surface area contributed by atoms with Gasteiger partial charge >= 0.3 is 0 Å². The van der Waals surface area contributed by atoms with Crippen molar-refractivity contribution in [3.63, 3.8) is 0 Å². The number of allylic oxidation sites excluding steroid dienone is 3. The van der Waals surface area contributed by atoms with Crippen LogP contribution in [0.3, 0.4) is 0 Å². The molecule has 3 rings (SSSR count). The van der Waals surface area contributed by atoms with Crippen molar-refractivity contribution in [3.8, 4) is 0 Å². The molecule has 3 N–H and O–H groups in total. The number of ether oxygens (including phenoxy) is 1. The van der Waals surface area contributed by atoms with Gasteiger partial charge in [-0.1, -0.05) is 69.5 Å². The third kappa shape index (κ3) is 6.59. The Balaban J connectivity index is 1.83. The topological polar surface area (TPSA) is 79.5 Å². The van der Waals surface area contributed by atoms with Gasteiger partial charge in [-0.25, -0.2) is 0 Å². The lowest BCUT2D eigenvalue weighted by molar-refractivity contribution is -0.128. The lowest BCUT2D eigenvalue weighted by Crippen LogP contribution is -2.45. The molecule has 2 aromatic carbocycles. The lowest BCUT2D eigenvalue weighted by atomic mass is 10.0. The molecule has 2 aromatic rings. The third-order valence-electron chi connectivity index (χ3n) is 5.84. The van der Waals surface area contributed by atoms with Gasteiger partial charge < -0.3 is 15.4 Å². The molecule has 2 amide bonds. The number of anilines is 1. The maximum absolute atomic E-state index is 13.4. The van der Waals surface area contributed by atoms with Crippen LogP contribution in [0.2, 0.25) is 0 Å². The summed E-state index contributed by atoms with van der Waals surface area (Å²) in [6.07, 6.45) is 6.14. The lowest BCUT2D eigenvalue weighted by Gasteiger charge is -2.26. The molecule has 1 saturated heterocycles. The number of carbonyl (C=O) groups is 2. The zero-order chi connectivity index (χ0) is 24.5. The van der Waals surface area contributed by atoms with Crippen molar-refractivity contribution in [2.24, 2.45) is 5.92 Å². The maximum Gasteiger partial charge on any atom is 0.247 e. The van der Waals surface area contributed by atoms with Crippen molar-refractivity contribution in [1.82, 2.24) is 10.0 Å². The van der Waals surface area contributed by atoms with E-state index in [1.54, 1.807) is 30.2 Å². The van der Waals surface area contributed by atoms with Crippen LogP contribution in [-0.4, -0.2) is 37.1 Å². The highest BCUT2D eigenvalue weighted by molar-refractivity contribution is 7.97. The molecular weight excluding hydrogens is 446 g/mol. The molecule has 2 atom stereocenters. The van der Waals surface area contributed by atoms with Crippen LogP contribution < -0.4 is 15.4 Å². The highest BCUT2D eigenvalue weighted by Crippen LogP contribution is 2.31. The number of nitrogens with one attached hydrogen (secondary N) is 3. The molecule has 1 aliphatic rings. The van der Waals surface area contributed by atoms with E-state index < -0.39 is 6.04 Å². The van der Waals surface area contributed by atoms with Gasteiger partial charge in [0, 0.05) is 28.3 Å². The third-order valence-corrected chi connectivity index (χ3v) is 6.87. The van der Waals surface area contributed by atoms with Crippen molar-refractivity contribution in [3.05, 3.63) is 73.4 Å². The SMILES string of the molecule is C=C/C=C(\C=C)CC(NC(=O)C(C)CC)C(=O)Nc1cccc2c(SNC3COC3)cccc12. The van der Waals surface area contributed by atoms with Crippen LogP contribution in [0.1, 0.15) is 26.7 Å². The van der Waals surface area contributed by atoms with E-state index in [-0.39, 0.29) is 17.7 Å². The van der Waals surface area contributed by atoms with Crippen LogP contribution in [0.25, 0.3) is 10.8 Å². The number of fused-ring (bicyclic) bond motifs is 1. The predicted octanol–water partition coefficient (Wildman–Crippen LogP) is 4.99.